The third-order valence-electron chi connectivity index (χ3n) is 3.75. The molecular formula is C15H20N6O7S2. The predicted molar refractivity (Wildman–Crippen MR) is 107 cm³/mol. The van der Waals surface area contributed by atoms with Gasteiger partial charge in [0.25, 0.3) is 10.0 Å². The molecule has 1 N–H and O–H groups in total. The lowest BCUT2D eigenvalue weighted by molar-refractivity contribution is 0.251. The lowest BCUT2D eigenvalue weighted by Crippen LogP contribution is -2.42. The summed E-state index contributed by atoms with van der Waals surface area (Å²) in [6.07, 6.45) is 2.05. The second-order valence-corrected chi connectivity index (χ2v) is 9.39. The molecule has 0 radical (unpaired) electrons. The van der Waals surface area contributed by atoms with Gasteiger partial charge in [0.2, 0.25) is 32.8 Å². The molecule has 0 aromatic carbocycles. The van der Waals surface area contributed by atoms with Gasteiger partial charge < -0.3 is 9.47 Å². The molecule has 0 atom stereocenters. The lowest BCUT2D eigenvalue weighted by Gasteiger charge is -2.20. The van der Waals surface area contributed by atoms with E-state index < -0.39 is 31.1 Å². The van der Waals surface area contributed by atoms with Crippen LogP contribution in [0.1, 0.15) is 0 Å². The molecule has 164 valence electrons. The smallest absolute Gasteiger partial charge is 0.337 e. The minimum Gasteiger partial charge on any atom is -0.481 e. The number of rotatable bonds is 7. The van der Waals surface area contributed by atoms with Crippen LogP contribution in [0.25, 0.3) is 0 Å². The fourth-order valence-electron chi connectivity index (χ4n) is 2.08. The number of hydrogen-bond donors (Lipinski definition) is 1. The van der Waals surface area contributed by atoms with Crippen LogP contribution in [0.15, 0.2) is 29.4 Å². The number of nitrogens with zero attached hydrogens (tertiary/aromatic N) is 5. The zero-order valence-corrected chi connectivity index (χ0v) is 18.4. The Balaban J connectivity index is 2.38. The molecule has 30 heavy (non-hydrogen) atoms. The highest BCUT2D eigenvalue weighted by Crippen LogP contribution is 2.24. The van der Waals surface area contributed by atoms with Crippen molar-refractivity contribution in [3.05, 3.63) is 24.4 Å². The van der Waals surface area contributed by atoms with Gasteiger partial charge in [-0.15, -0.1) is 0 Å². The molecule has 0 spiro atoms. The molecule has 0 aliphatic heterocycles. The van der Waals surface area contributed by atoms with Crippen molar-refractivity contribution in [2.75, 3.05) is 43.8 Å². The van der Waals surface area contributed by atoms with Gasteiger partial charge in [0.15, 0.2) is 0 Å². The molecule has 2 aromatic heterocycles. The number of ether oxygens (including phenoxy) is 2. The summed E-state index contributed by atoms with van der Waals surface area (Å²) in [6.45, 7) is 0. The number of carbonyl (C=O) groups excluding carboxylic acids is 1. The van der Waals surface area contributed by atoms with E-state index in [1.54, 1.807) is 4.72 Å². The number of nitrogens with one attached hydrogen (secondary N) is 1. The average molecular weight is 460 g/mol. The third-order valence-corrected chi connectivity index (χ3v) is 6.21. The number of amides is 2. The van der Waals surface area contributed by atoms with Crippen LogP contribution in [0.4, 0.5) is 16.4 Å². The maximum Gasteiger partial charge on any atom is 0.337 e. The van der Waals surface area contributed by atoms with Crippen LogP contribution < -0.4 is 23.4 Å². The first-order valence-corrected chi connectivity index (χ1v) is 11.4. The minimum absolute atomic E-state index is 0.0844. The number of carbonyl (C=O) groups is 1. The summed E-state index contributed by atoms with van der Waals surface area (Å²) in [5.74, 6) is -0.0318. The maximum atomic E-state index is 12.7. The lowest BCUT2D eigenvalue weighted by atomic mass is 10.4. The van der Waals surface area contributed by atoms with E-state index in [1.807, 2.05) is 0 Å². The number of sulfonamides is 2. The van der Waals surface area contributed by atoms with E-state index in [2.05, 4.69) is 15.0 Å². The zero-order valence-electron chi connectivity index (χ0n) is 16.7. The molecule has 0 aliphatic carbocycles. The van der Waals surface area contributed by atoms with Gasteiger partial charge in [0, 0.05) is 20.3 Å². The van der Waals surface area contributed by atoms with Crippen molar-refractivity contribution < 1.29 is 31.1 Å². The van der Waals surface area contributed by atoms with Crippen molar-refractivity contribution in [3.8, 4) is 11.8 Å². The second-order valence-electron chi connectivity index (χ2n) is 5.78. The number of anilines is 2. The van der Waals surface area contributed by atoms with Crippen molar-refractivity contribution in [2.24, 2.45) is 0 Å². The Morgan fingerprint density at radius 1 is 1.07 bits per heavy atom. The van der Waals surface area contributed by atoms with Crippen molar-refractivity contribution in [1.82, 2.24) is 19.7 Å². The van der Waals surface area contributed by atoms with Crippen molar-refractivity contribution in [1.29, 1.82) is 0 Å². The SMILES string of the molecule is COc1cc(OC)nc(N(C)C(=O)NS(=O)(=O)c2ncccc2N(C)S(C)(=O)=O)n1. The molecule has 0 saturated heterocycles. The van der Waals surface area contributed by atoms with E-state index in [1.165, 1.54) is 39.5 Å². The molecule has 2 aromatic rings. The Hall–Kier alpha value is -3.20. The summed E-state index contributed by atoms with van der Waals surface area (Å²) in [5, 5.41) is -0.649. The molecule has 2 heterocycles. The van der Waals surface area contributed by atoms with Crippen LogP contribution in [0.3, 0.4) is 0 Å². The molecular weight excluding hydrogens is 440 g/mol. The third kappa shape index (κ3) is 5.04. The molecule has 15 heteroatoms. The van der Waals surface area contributed by atoms with Crippen LogP contribution >= 0.6 is 0 Å². The van der Waals surface area contributed by atoms with Crippen molar-refractivity contribution in [3.63, 3.8) is 0 Å². The van der Waals surface area contributed by atoms with Crippen molar-refractivity contribution >= 4 is 37.7 Å². The van der Waals surface area contributed by atoms with Crippen LogP contribution in [0.2, 0.25) is 0 Å². The zero-order chi connectivity index (χ0) is 22.7. The standard InChI is InChI=1S/C15H20N6O7S2/c1-20(14-17-11(27-3)9-12(18-14)28-4)15(22)19-30(25,26)13-10(7-6-8-16-13)21(2)29(5,23)24/h6-9H,1-5H3,(H,19,22). The number of methoxy groups -OCH3 is 2. The molecule has 2 amide bonds. The first-order valence-electron chi connectivity index (χ1n) is 8.07. The van der Waals surface area contributed by atoms with Gasteiger partial charge in [-0.2, -0.15) is 18.4 Å². The predicted octanol–water partition coefficient (Wildman–Crippen LogP) is -0.181. The van der Waals surface area contributed by atoms with Crippen LogP contribution in [-0.4, -0.2) is 72.4 Å². The highest BCUT2D eigenvalue weighted by molar-refractivity contribution is 7.92. The Morgan fingerprint density at radius 3 is 2.13 bits per heavy atom. The first-order chi connectivity index (χ1) is 13.9. The normalized spacial score (nSPS) is 11.5. The summed E-state index contributed by atoms with van der Waals surface area (Å²) in [4.78, 5) is 25.0. The van der Waals surface area contributed by atoms with Gasteiger partial charge in [0.05, 0.1) is 32.2 Å². The largest absolute Gasteiger partial charge is 0.481 e. The monoisotopic (exact) mass is 460 g/mol. The first kappa shape index (κ1) is 23.1. The summed E-state index contributed by atoms with van der Waals surface area (Å²) < 4.78 is 61.6. The molecule has 0 fully saturated rings. The van der Waals surface area contributed by atoms with Crippen molar-refractivity contribution in [2.45, 2.75) is 5.03 Å². The van der Waals surface area contributed by atoms with Gasteiger partial charge in [-0.05, 0) is 12.1 Å². The van der Waals surface area contributed by atoms with Crippen LogP contribution in [0, 0.1) is 0 Å². The minimum atomic E-state index is -4.56. The second kappa shape index (κ2) is 8.66. The average Bonchev–Trinajstić information content (AvgIpc) is 2.71. The topological polar surface area (TPSA) is 161 Å². The van der Waals surface area contributed by atoms with Gasteiger partial charge in [0.1, 0.15) is 0 Å². The summed E-state index contributed by atoms with van der Waals surface area (Å²) in [5.41, 5.74) is -0.234. The Labute approximate surface area is 173 Å². The summed E-state index contributed by atoms with van der Waals surface area (Å²) >= 11 is 0. The fourth-order valence-corrected chi connectivity index (χ4v) is 3.79. The van der Waals surface area contributed by atoms with E-state index >= 15 is 0 Å². The van der Waals surface area contributed by atoms with E-state index in [-0.39, 0.29) is 23.4 Å². The molecule has 2 rings (SSSR count). The highest BCUT2D eigenvalue weighted by atomic mass is 32.2. The molecule has 0 saturated carbocycles. The number of urea groups is 1. The Kier molecular flexibility index (Phi) is 6.66. The van der Waals surface area contributed by atoms with E-state index in [0.717, 1.165) is 28.7 Å². The molecule has 13 nitrogen and oxygen atoms in total. The molecule has 0 unspecified atom stereocenters. The summed E-state index contributed by atoms with van der Waals surface area (Å²) in [6, 6.07) is 2.85. The quantitative estimate of drug-likeness (QED) is 0.587. The van der Waals surface area contributed by atoms with Crippen LogP contribution in [-0.2, 0) is 20.0 Å². The Bertz CT molecular complexity index is 1130. The fraction of sp³-hybridized carbons (Fsp3) is 0.333. The molecule has 0 aliphatic rings. The Morgan fingerprint density at radius 2 is 1.63 bits per heavy atom. The van der Waals surface area contributed by atoms with E-state index in [0.29, 0.717) is 0 Å². The number of pyridine rings is 1. The van der Waals surface area contributed by atoms with Crippen LogP contribution in [0.5, 0.6) is 11.8 Å². The van der Waals surface area contributed by atoms with Gasteiger partial charge in [-0.25, -0.2) is 22.9 Å². The maximum absolute atomic E-state index is 12.7. The number of hydrogen-bond acceptors (Lipinski definition) is 10. The van der Waals surface area contributed by atoms with Gasteiger partial charge in [-0.3, -0.25) is 9.21 Å². The van der Waals surface area contributed by atoms with E-state index in [9.17, 15) is 21.6 Å². The van der Waals surface area contributed by atoms with E-state index in [4.69, 9.17) is 9.47 Å². The van der Waals surface area contributed by atoms with Gasteiger partial charge >= 0.3 is 6.03 Å². The summed E-state index contributed by atoms with van der Waals surface area (Å²) in [7, 11) is -3.27. The van der Waals surface area contributed by atoms with Gasteiger partial charge in [-0.1, -0.05) is 0 Å². The highest BCUT2D eigenvalue weighted by Gasteiger charge is 2.29. The number of aromatic nitrogens is 3. The molecule has 0 bridgehead atoms.